The second-order valence-corrected chi connectivity index (χ2v) is 6.81. The van der Waals surface area contributed by atoms with Crippen molar-refractivity contribution >= 4 is 5.96 Å². The monoisotopic (exact) mass is 410 g/mol. The molecule has 1 aromatic heterocycles. The number of aromatic nitrogens is 1. The summed E-state index contributed by atoms with van der Waals surface area (Å²) in [5, 5.41) is 3.35. The molecule has 0 amide bonds. The predicted molar refractivity (Wildman–Crippen MR) is 116 cm³/mol. The van der Waals surface area contributed by atoms with Crippen LogP contribution in [0.25, 0.3) is 11.5 Å². The van der Waals surface area contributed by atoms with Crippen molar-refractivity contribution in [1.82, 2.24) is 15.2 Å². The highest BCUT2D eigenvalue weighted by molar-refractivity contribution is 5.79. The smallest absolute Gasteiger partial charge is 0.226 e. The Morgan fingerprint density at radius 2 is 1.90 bits per heavy atom. The van der Waals surface area contributed by atoms with Crippen molar-refractivity contribution in [3.63, 3.8) is 0 Å². The Hall–Kier alpha value is -3.35. The van der Waals surface area contributed by atoms with Crippen LogP contribution >= 0.6 is 0 Å². The molecular weight excluding hydrogens is 383 g/mol. The number of nitrogens with one attached hydrogen (secondary N) is 1. The number of benzene rings is 2. The molecule has 3 aromatic rings. The quantitative estimate of drug-likeness (QED) is 0.447. The molecule has 0 bridgehead atoms. The number of aliphatic imine (C=N–C) groups is 1. The van der Waals surface area contributed by atoms with Crippen LogP contribution in [0.5, 0.6) is 5.75 Å². The van der Waals surface area contributed by atoms with Crippen molar-refractivity contribution in [3.05, 3.63) is 71.9 Å². The summed E-state index contributed by atoms with van der Waals surface area (Å²) < 4.78 is 24.1. The third kappa shape index (κ3) is 5.83. The Bertz CT molecular complexity index is 952. The molecular formula is C23H27FN4O2. The average Bonchev–Trinajstić information content (AvgIpc) is 3.22. The van der Waals surface area contributed by atoms with Gasteiger partial charge in [-0.15, -0.1) is 0 Å². The summed E-state index contributed by atoms with van der Waals surface area (Å²) in [6.07, 6.45) is 2.31. The van der Waals surface area contributed by atoms with E-state index in [0.717, 1.165) is 29.5 Å². The van der Waals surface area contributed by atoms with E-state index in [0.29, 0.717) is 25.5 Å². The van der Waals surface area contributed by atoms with Crippen molar-refractivity contribution in [2.24, 2.45) is 4.99 Å². The topological polar surface area (TPSA) is 62.9 Å². The molecule has 7 heteroatoms. The number of halogens is 1. The minimum absolute atomic E-state index is 0.282. The van der Waals surface area contributed by atoms with Gasteiger partial charge in [0.15, 0.2) is 5.96 Å². The second kappa shape index (κ2) is 10.4. The summed E-state index contributed by atoms with van der Waals surface area (Å²) in [7, 11) is 3.76. The van der Waals surface area contributed by atoms with Crippen LogP contribution in [0.4, 0.5) is 4.39 Å². The van der Waals surface area contributed by atoms with Crippen LogP contribution in [0.15, 0.2) is 64.2 Å². The Balaban J connectivity index is 1.50. The van der Waals surface area contributed by atoms with Crippen molar-refractivity contribution in [2.45, 2.75) is 19.9 Å². The van der Waals surface area contributed by atoms with E-state index in [1.165, 1.54) is 17.7 Å². The van der Waals surface area contributed by atoms with E-state index in [2.05, 4.69) is 32.3 Å². The molecule has 0 atom stereocenters. The molecule has 0 unspecified atom stereocenters. The van der Waals surface area contributed by atoms with Crippen molar-refractivity contribution in [2.75, 3.05) is 27.2 Å². The highest BCUT2D eigenvalue weighted by atomic mass is 19.1. The zero-order valence-corrected chi connectivity index (χ0v) is 17.6. The van der Waals surface area contributed by atoms with Gasteiger partial charge >= 0.3 is 0 Å². The van der Waals surface area contributed by atoms with Gasteiger partial charge in [-0.3, -0.25) is 4.99 Å². The van der Waals surface area contributed by atoms with Crippen LogP contribution < -0.4 is 10.1 Å². The van der Waals surface area contributed by atoms with Gasteiger partial charge in [0.05, 0.1) is 12.3 Å². The summed E-state index contributed by atoms with van der Waals surface area (Å²) in [5.74, 6) is 1.88. The maximum Gasteiger partial charge on any atom is 0.226 e. The molecule has 2 aromatic carbocycles. The van der Waals surface area contributed by atoms with Gasteiger partial charge in [-0.05, 0) is 48.9 Å². The molecule has 0 saturated carbocycles. The molecule has 1 N–H and O–H groups in total. The van der Waals surface area contributed by atoms with E-state index < -0.39 is 0 Å². The molecule has 0 spiro atoms. The lowest BCUT2D eigenvalue weighted by atomic mass is 10.2. The van der Waals surface area contributed by atoms with E-state index in [1.54, 1.807) is 25.4 Å². The first-order valence-corrected chi connectivity index (χ1v) is 9.93. The third-order valence-corrected chi connectivity index (χ3v) is 4.53. The number of hydrogen-bond donors (Lipinski definition) is 1. The van der Waals surface area contributed by atoms with Crippen LogP contribution in [0.2, 0.25) is 0 Å². The van der Waals surface area contributed by atoms with Gasteiger partial charge in [-0.1, -0.05) is 12.1 Å². The summed E-state index contributed by atoms with van der Waals surface area (Å²) in [6, 6.07) is 14.2. The zero-order chi connectivity index (χ0) is 21.3. The lowest BCUT2D eigenvalue weighted by Gasteiger charge is -2.22. The molecule has 0 fully saturated rings. The lowest BCUT2D eigenvalue weighted by Crippen LogP contribution is -2.39. The largest absolute Gasteiger partial charge is 0.494 e. The van der Waals surface area contributed by atoms with E-state index in [4.69, 9.17) is 9.15 Å². The van der Waals surface area contributed by atoms with Crippen LogP contribution in [0.3, 0.4) is 0 Å². The Kier molecular flexibility index (Phi) is 7.43. The van der Waals surface area contributed by atoms with Crippen molar-refractivity contribution in [3.8, 4) is 17.2 Å². The maximum absolute atomic E-state index is 13.1. The molecule has 158 valence electrons. The van der Waals surface area contributed by atoms with E-state index >= 15 is 0 Å². The molecule has 30 heavy (non-hydrogen) atoms. The van der Waals surface area contributed by atoms with Gasteiger partial charge in [-0.2, -0.15) is 0 Å². The Labute approximate surface area is 176 Å². The fraction of sp³-hybridized carbons (Fsp3) is 0.304. The van der Waals surface area contributed by atoms with Gasteiger partial charge in [0.2, 0.25) is 5.89 Å². The molecule has 0 radical (unpaired) electrons. The third-order valence-electron chi connectivity index (χ3n) is 4.53. The highest BCUT2D eigenvalue weighted by Gasteiger charge is 2.09. The number of nitrogens with zero attached hydrogens (tertiary/aromatic N) is 3. The standard InChI is InChI=1S/C23H27FN4O2/c1-4-29-21-11-5-17(6-12-21)15-28(3)23(25-2)26-14-13-20-16-30-22(27-20)18-7-9-19(24)10-8-18/h5-12,16H,4,13-15H2,1-3H3,(H,25,26). The minimum Gasteiger partial charge on any atom is -0.494 e. The van der Waals surface area contributed by atoms with Gasteiger partial charge in [0, 0.05) is 39.2 Å². The Morgan fingerprint density at radius 1 is 1.17 bits per heavy atom. The molecule has 0 aliphatic heterocycles. The number of rotatable bonds is 8. The fourth-order valence-electron chi connectivity index (χ4n) is 3.04. The zero-order valence-electron chi connectivity index (χ0n) is 17.6. The SMILES string of the molecule is CCOc1ccc(CN(C)C(=NC)NCCc2coc(-c3ccc(F)cc3)n2)cc1. The maximum atomic E-state index is 13.1. The number of ether oxygens (including phenoxy) is 1. The molecule has 3 rings (SSSR count). The van der Waals surface area contributed by atoms with E-state index in [9.17, 15) is 4.39 Å². The van der Waals surface area contributed by atoms with E-state index in [-0.39, 0.29) is 5.82 Å². The molecule has 0 saturated heterocycles. The predicted octanol–water partition coefficient (Wildman–Crippen LogP) is 4.13. The van der Waals surface area contributed by atoms with Gasteiger partial charge < -0.3 is 19.4 Å². The van der Waals surface area contributed by atoms with Crippen LogP contribution in [-0.4, -0.2) is 43.1 Å². The normalized spacial score (nSPS) is 11.4. The van der Waals surface area contributed by atoms with Crippen LogP contribution in [-0.2, 0) is 13.0 Å². The van der Waals surface area contributed by atoms with Gasteiger partial charge in [0.25, 0.3) is 0 Å². The van der Waals surface area contributed by atoms with Gasteiger partial charge in [-0.25, -0.2) is 9.37 Å². The second-order valence-electron chi connectivity index (χ2n) is 6.81. The van der Waals surface area contributed by atoms with Crippen molar-refractivity contribution < 1.29 is 13.5 Å². The van der Waals surface area contributed by atoms with Crippen LogP contribution in [0.1, 0.15) is 18.2 Å². The molecule has 1 heterocycles. The van der Waals surface area contributed by atoms with Gasteiger partial charge in [0.1, 0.15) is 17.8 Å². The molecule has 6 nitrogen and oxygen atoms in total. The Morgan fingerprint density at radius 3 is 2.57 bits per heavy atom. The van der Waals surface area contributed by atoms with Crippen molar-refractivity contribution in [1.29, 1.82) is 0 Å². The summed E-state index contributed by atoms with van der Waals surface area (Å²) in [6.45, 7) is 4.02. The fourth-order valence-corrected chi connectivity index (χ4v) is 3.04. The summed E-state index contributed by atoms with van der Waals surface area (Å²) in [5.41, 5.74) is 2.75. The highest BCUT2D eigenvalue weighted by Crippen LogP contribution is 2.19. The number of oxazole rings is 1. The summed E-state index contributed by atoms with van der Waals surface area (Å²) >= 11 is 0. The average molecular weight is 410 g/mol. The number of hydrogen-bond acceptors (Lipinski definition) is 4. The molecule has 0 aliphatic rings. The molecule has 0 aliphatic carbocycles. The van der Waals surface area contributed by atoms with E-state index in [1.807, 2.05) is 26.1 Å². The first kappa shape index (κ1) is 21.4. The summed E-state index contributed by atoms with van der Waals surface area (Å²) in [4.78, 5) is 10.9. The first-order chi connectivity index (χ1) is 14.6. The minimum atomic E-state index is -0.282. The lowest BCUT2D eigenvalue weighted by molar-refractivity contribution is 0.340. The number of guanidine groups is 1. The van der Waals surface area contributed by atoms with Crippen LogP contribution in [0, 0.1) is 5.82 Å². The first-order valence-electron chi connectivity index (χ1n) is 9.93.